The molecule has 314 valence electrons. The van der Waals surface area contributed by atoms with Crippen molar-refractivity contribution >= 4 is 17.9 Å². The maximum absolute atomic E-state index is 12.7. The maximum Gasteiger partial charge on any atom is 0.306 e. The molecule has 2 atom stereocenters. The number of rotatable bonds is 41. The quantitative estimate of drug-likeness (QED) is 0.0352. The van der Waals surface area contributed by atoms with E-state index in [4.69, 9.17) is 14.2 Å². The van der Waals surface area contributed by atoms with E-state index in [2.05, 4.69) is 34.6 Å². The molecule has 0 aliphatic carbocycles. The van der Waals surface area contributed by atoms with Crippen molar-refractivity contribution < 1.29 is 28.6 Å². The van der Waals surface area contributed by atoms with Gasteiger partial charge in [-0.15, -0.1) is 0 Å². The summed E-state index contributed by atoms with van der Waals surface area (Å²) in [5.74, 6) is 0.833. The molecular formula is C47H90O6. The lowest BCUT2D eigenvalue weighted by molar-refractivity contribution is -0.167. The van der Waals surface area contributed by atoms with Gasteiger partial charge in [0.05, 0.1) is 0 Å². The van der Waals surface area contributed by atoms with Crippen LogP contribution in [0.25, 0.3) is 0 Å². The van der Waals surface area contributed by atoms with Crippen LogP contribution < -0.4 is 0 Å². The van der Waals surface area contributed by atoms with Crippen LogP contribution in [0.3, 0.4) is 0 Å². The molecule has 0 N–H and O–H groups in total. The zero-order valence-electron chi connectivity index (χ0n) is 36.1. The van der Waals surface area contributed by atoms with Gasteiger partial charge in [0, 0.05) is 19.3 Å². The first kappa shape index (κ1) is 51.4. The first-order valence-electron chi connectivity index (χ1n) is 23.3. The van der Waals surface area contributed by atoms with Crippen LogP contribution in [0.5, 0.6) is 0 Å². The molecule has 0 radical (unpaired) electrons. The van der Waals surface area contributed by atoms with Crippen molar-refractivity contribution in [2.75, 3.05) is 13.2 Å². The Kier molecular flexibility index (Phi) is 38.9. The van der Waals surface area contributed by atoms with Crippen LogP contribution in [0.2, 0.25) is 0 Å². The summed E-state index contributed by atoms with van der Waals surface area (Å²) < 4.78 is 16.6. The van der Waals surface area contributed by atoms with E-state index in [9.17, 15) is 14.4 Å². The Morgan fingerprint density at radius 2 is 0.717 bits per heavy atom. The minimum Gasteiger partial charge on any atom is -0.462 e. The van der Waals surface area contributed by atoms with E-state index in [1.165, 1.54) is 135 Å². The predicted octanol–water partition coefficient (Wildman–Crippen LogP) is 14.6. The fourth-order valence-corrected chi connectivity index (χ4v) is 6.90. The topological polar surface area (TPSA) is 78.9 Å². The van der Waals surface area contributed by atoms with Gasteiger partial charge in [-0.3, -0.25) is 14.4 Å². The number of hydrogen-bond acceptors (Lipinski definition) is 6. The SMILES string of the molecule is CCCCCCCC(=O)OC[C@H](COC(=O)CCCCCCCCCCCC(C)C)OC(=O)CCCCCCCCCCCCCCCCC(C)CC. The minimum absolute atomic E-state index is 0.0659. The van der Waals surface area contributed by atoms with Gasteiger partial charge in [0.15, 0.2) is 6.10 Å². The highest BCUT2D eigenvalue weighted by atomic mass is 16.6. The van der Waals surface area contributed by atoms with Gasteiger partial charge >= 0.3 is 17.9 Å². The van der Waals surface area contributed by atoms with Crippen LogP contribution >= 0.6 is 0 Å². The van der Waals surface area contributed by atoms with Crippen molar-refractivity contribution in [1.82, 2.24) is 0 Å². The van der Waals surface area contributed by atoms with E-state index in [1.54, 1.807) is 0 Å². The third-order valence-electron chi connectivity index (χ3n) is 10.8. The van der Waals surface area contributed by atoms with Crippen molar-refractivity contribution in [3.05, 3.63) is 0 Å². The summed E-state index contributed by atoms with van der Waals surface area (Å²) in [7, 11) is 0. The van der Waals surface area contributed by atoms with Gasteiger partial charge in [-0.1, -0.05) is 214 Å². The minimum atomic E-state index is -0.759. The van der Waals surface area contributed by atoms with Crippen molar-refractivity contribution in [2.24, 2.45) is 11.8 Å². The van der Waals surface area contributed by atoms with Crippen molar-refractivity contribution in [1.29, 1.82) is 0 Å². The number of esters is 3. The summed E-state index contributed by atoms with van der Waals surface area (Å²) >= 11 is 0. The lowest BCUT2D eigenvalue weighted by Crippen LogP contribution is -2.30. The monoisotopic (exact) mass is 751 g/mol. The fraction of sp³-hybridized carbons (Fsp3) is 0.936. The molecule has 0 amide bonds. The van der Waals surface area contributed by atoms with Gasteiger partial charge in [0.2, 0.25) is 0 Å². The highest BCUT2D eigenvalue weighted by Crippen LogP contribution is 2.17. The Morgan fingerprint density at radius 1 is 0.396 bits per heavy atom. The van der Waals surface area contributed by atoms with E-state index >= 15 is 0 Å². The molecule has 6 heteroatoms. The fourth-order valence-electron chi connectivity index (χ4n) is 6.90. The average Bonchev–Trinajstić information content (AvgIpc) is 3.14. The summed E-state index contributed by atoms with van der Waals surface area (Å²) in [5, 5.41) is 0. The van der Waals surface area contributed by atoms with Crippen LogP contribution in [0.15, 0.2) is 0 Å². The zero-order chi connectivity index (χ0) is 39.0. The molecular weight excluding hydrogens is 661 g/mol. The lowest BCUT2D eigenvalue weighted by atomic mass is 9.99. The van der Waals surface area contributed by atoms with E-state index in [1.807, 2.05) is 0 Å². The van der Waals surface area contributed by atoms with Crippen LogP contribution in [-0.2, 0) is 28.6 Å². The summed E-state index contributed by atoms with van der Waals surface area (Å²) in [6.45, 7) is 11.3. The molecule has 0 bridgehead atoms. The van der Waals surface area contributed by atoms with E-state index in [-0.39, 0.29) is 31.1 Å². The Hall–Kier alpha value is -1.59. The number of hydrogen-bond donors (Lipinski definition) is 0. The van der Waals surface area contributed by atoms with E-state index in [0.717, 1.165) is 76.0 Å². The lowest BCUT2D eigenvalue weighted by Gasteiger charge is -2.18. The van der Waals surface area contributed by atoms with Gasteiger partial charge in [0.1, 0.15) is 13.2 Å². The number of carbonyl (C=O) groups is 3. The van der Waals surface area contributed by atoms with Crippen molar-refractivity contribution in [3.63, 3.8) is 0 Å². The molecule has 0 heterocycles. The molecule has 0 rings (SSSR count). The second-order valence-electron chi connectivity index (χ2n) is 16.8. The number of unbranched alkanes of at least 4 members (excludes halogenated alkanes) is 25. The Morgan fingerprint density at radius 3 is 1.08 bits per heavy atom. The molecule has 6 nitrogen and oxygen atoms in total. The van der Waals surface area contributed by atoms with Crippen LogP contribution in [0.1, 0.15) is 253 Å². The van der Waals surface area contributed by atoms with E-state index < -0.39 is 6.10 Å². The zero-order valence-corrected chi connectivity index (χ0v) is 36.1. The van der Waals surface area contributed by atoms with Gasteiger partial charge < -0.3 is 14.2 Å². The molecule has 0 fully saturated rings. The first-order valence-corrected chi connectivity index (χ1v) is 23.3. The summed E-state index contributed by atoms with van der Waals surface area (Å²) in [6.07, 6.45) is 38.3. The molecule has 0 aliphatic heterocycles. The molecule has 0 saturated carbocycles. The van der Waals surface area contributed by atoms with Crippen molar-refractivity contribution in [3.8, 4) is 0 Å². The maximum atomic E-state index is 12.7. The van der Waals surface area contributed by atoms with E-state index in [0.29, 0.717) is 19.3 Å². The third-order valence-corrected chi connectivity index (χ3v) is 10.8. The molecule has 0 aromatic rings. The molecule has 53 heavy (non-hydrogen) atoms. The summed E-state index contributed by atoms with van der Waals surface area (Å²) in [5.41, 5.74) is 0. The van der Waals surface area contributed by atoms with Gasteiger partial charge in [-0.2, -0.15) is 0 Å². The molecule has 1 unspecified atom stereocenters. The Bertz CT molecular complexity index is 811. The standard InChI is InChI=1S/C47H90O6/c1-6-8-9-25-32-37-45(48)51-40-44(41-52-46(49)38-33-28-23-20-16-17-21-26-30-35-42(3)4)53-47(50)39-34-29-24-19-15-13-11-10-12-14-18-22-27-31-36-43(5)7-2/h42-44H,6-41H2,1-5H3/t43?,44-/m1/s1. The molecule has 0 saturated heterocycles. The van der Waals surface area contributed by atoms with Crippen LogP contribution in [-0.4, -0.2) is 37.2 Å². The van der Waals surface area contributed by atoms with Gasteiger partial charge in [0.25, 0.3) is 0 Å². The Labute approximate surface area is 329 Å². The van der Waals surface area contributed by atoms with Crippen LogP contribution in [0, 0.1) is 11.8 Å². The summed E-state index contributed by atoms with van der Waals surface area (Å²) in [4.78, 5) is 37.5. The normalized spacial score (nSPS) is 12.6. The number of ether oxygens (including phenoxy) is 3. The largest absolute Gasteiger partial charge is 0.462 e. The smallest absolute Gasteiger partial charge is 0.306 e. The Balaban J connectivity index is 4.16. The molecule has 0 aliphatic rings. The predicted molar refractivity (Wildman–Crippen MR) is 224 cm³/mol. The highest BCUT2D eigenvalue weighted by Gasteiger charge is 2.19. The van der Waals surface area contributed by atoms with Gasteiger partial charge in [-0.05, 0) is 31.1 Å². The van der Waals surface area contributed by atoms with Crippen LogP contribution in [0.4, 0.5) is 0 Å². The first-order chi connectivity index (χ1) is 25.8. The second kappa shape index (κ2) is 40.1. The van der Waals surface area contributed by atoms with Gasteiger partial charge in [-0.25, -0.2) is 0 Å². The highest BCUT2D eigenvalue weighted by molar-refractivity contribution is 5.71. The van der Waals surface area contributed by atoms with Crippen molar-refractivity contribution in [2.45, 2.75) is 259 Å². The average molecular weight is 751 g/mol. The third kappa shape index (κ3) is 39.9. The molecule has 0 aromatic heterocycles. The summed E-state index contributed by atoms with van der Waals surface area (Å²) in [6, 6.07) is 0. The molecule has 0 spiro atoms. The number of carbonyl (C=O) groups excluding carboxylic acids is 3. The molecule has 0 aromatic carbocycles. The second-order valence-corrected chi connectivity index (χ2v) is 16.8.